The van der Waals surface area contributed by atoms with Crippen LogP contribution >= 0.6 is 0 Å². The molecule has 0 saturated carbocycles. The van der Waals surface area contributed by atoms with E-state index in [-0.39, 0.29) is 0 Å². The van der Waals surface area contributed by atoms with Gasteiger partial charge in [0.2, 0.25) is 0 Å². The molecule has 0 aliphatic carbocycles. The molecule has 3 aromatic heterocycles. The van der Waals surface area contributed by atoms with Crippen LogP contribution in [0.2, 0.25) is 0 Å². The van der Waals surface area contributed by atoms with E-state index < -0.39 is 0 Å². The second-order valence-corrected chi connectivity index (χ2v) is 5.41. The summed E-state index contributed by atoms with van der Waals surface area (Å²) in [6.07, 6.45) is 1.47. The predicted molar refractivity (Wildman–Crippen MR) is 89.3 cm³/mol. The van der Waals surface area contributed by atoms with E-state index >= 15 is 0 Å². The molecule has 0 aliphatic rings. The van der Waals surface area contributed by atoms with Gasteiger partial charge >= 0.3 is 0 Å². The first-order chi connectivity index (χ1) is 12.2. The number of fused-ring (bicyclic) bond motifs is 1. The van der Waals surface area contributed by atoms with Gasteiger partial charge in [-0.15, -0.1) is 10.2 Å². The normalized spacial score (nSPS) is 11.4. The molecule has 0 spiro atoms. The number of nitrogens with zero attached hydrogens (tertiary/aromatic N) is 8. The summed E-state index contributed by atoms with van der Waals surface area (Å²) in [7, 11) is 0. The summed E-state index contributed by atoms with van der Waals surface area (Å²) in [5, 5.41) is 33.5. The van der Waals surface area contributed by atoms with E-state index in [1.54, 1.807) is 9.20 Å². The number of aryl methyl sites for hydroxylation is 2. The molecule has 0 aliphatic heterocycles. The zero-order valence-corrected chi connectivity index (χ0v) is 13.5. The van der Waals surface area contributed by atoms with E-state index in [1.165, 1.54) is 6.20 Å². The van der Waals surface area contributed by atoms with Crippen molar-refractivity contribution in [1.29, 1.82) is 5.26 Å². The Morgan fingerprint density at radius 2 is 1.96 bits per heavy atom. The third-order valence-corrected chi connectivity index (χ3v) is 3.77. The number of nitriles is 1. The molecule has 0 saturated heterocycles. The molecule has 4 aromatic rings. The zero-order chi connectivity index (χ0) is 17.4. The molecule has 1 aromatic carbocycles. The molecule has 1 N–H and O–H groups in total. The molecule has 0 fully saturated rings. The predicted octanol–water partition coefficient (Wildman–Crippen LogP) is 3.15. The number of nitrogens with one attached hydrogen (secondary N) is 1. The Morgan fingerprint density at radius 1 is 1.16 bits per heavy atom. The fourth-order valence-corrected chi connectivity index (χ4v) is 2.53. The fraction of sp³-hybridized carbons (Fsp3) is 0.125. The fourth-order valence-electron chi connectivity index (χ4n) is 2.53. The molecule has 9 heteroatoms. The highest BCUT2D eigenvalue weighted by Gasteiger charge is 2.15. The lowest BCUT2D eigenvalue weighted by molar-refractivity contribution is 0.868. The monoisotopic (exact) mass is 331 g/mol. The maximum Gasteiger partial charge on any atom is 0.195 e. The van der Waals surface area contributed by atoms with E-state index in [1.807, 2.05) is 44.2 Å². The van der Waals surface area contributed by atoms with Gasteiger partial charge in [-0.3, -0.25) is 5.10 Å². The summed E-state index contributed by atoms with van der Waals surface area (Å²) < 4.78 is 3.25. The first-order valence-corrected chi connectivity index (χ1v) is 7.54. The Bertz CT molecular complexity index is 1120. The van der Waals surface area contributed by atoms with Gasteiger partial charge in [0.05, 0.1) is 17.6 Å². The van der Waals surface area contributed by atoms with Crippen LogP contribution in [0.3, 0.4) is 0 Å². The number of aromatic nitrogens is 6. The van der Waals surface area contributed by atoms with E-state index in [4.69, 9.17) is 0 Å². The van der Waals surface area contributed by atoms with Crippen molar-refractivity contribution in [1.82, 2.24) is 29.6 Å². The second kappa shape index (κ2) is 5.68. The Kier molecular flexibility index (Phi) is 3.36. The molecule has 122 valence electrons. The SMILES string of the molecule is Cc1nn2c(C)n[nH]c2c1/N=N/c1c(C#N)cnn1-c1ccccc1. The summed E-state index contributed by atoms with van der Waals surface area (Å²) in [4.78, 5) is 0. The topological polar surface area (TPSA) is 112 Å². The van der Waals surface area contributed by atoms with E-state index in [2.05, 4.69) is 36.7 Å². The zero-order valence-electron chi connectivity index (χ0n) is 13.5. The highest BCUT2D eigenvalue weighted by atomic mass is 15.4. The van der Waals surface area contributed by atoms with Crippen molar-refractivity contribution in [3.63, 3.8) is 0 Å². The maximum atomic E-state index is 9.33. The molecule has 25 heavy (non-hydrogen) atoms. The van der Waals surface area contributed by atoms with Crippen LogP contribution in [0, 0.1) is 25.2 Å². The summed E-state index contributed by atoms with van der Waals surface area (Å²) >= 11 is 0. The van der Waals surface area contributed by atoms with Gasteiger partial charge in [-0.05, 0) is 26.0 Å². The molecule has 0 radical (unpaired) electrons. The molecule has 0 atom stereocenters. The first kappa shape index (κ1) is 14.8. The number of hydrogen-bond acceptors (Lipinski definition) is 6. The lowest BCUT2D eigenvalue weighted by atomic mass is 10.3. The average Bonchev–Trinajstić information content (AvgIpc) is 3.29. The smallest absolute Gasteiger partial charge is 0.195 e. The van der Waals surface area contributed by atoms with Crippen LogP contribution in [0.4, 0.5) is 11.5 Å². The van der Waals surface area contributed by atoms with Gasteiger partial charge in [0.1, 0.15) is 17.5 Å². The van der Waals surface area contributed by atoms with E-state index in [0.717, 1.165) is 11.5 Å². The number of hydrogen-bond donors (Lipinski definition) is 1. The third-order valence-electron chi connectivity index (χ3n) is 3.77. The average molecular weight is 331 g/mol. The molecular formula is C16H13N9. The lowest BCUT2D eigenvalue weighted by Gasteiger charge is -2.02. The molecule has 0 amide bonds. The van der Waals surface area contributed by atoms with Crippen LogP contribution in [-0.2, 0) is 0 Å². The van der Waals surface area contributed by atoms with Crippen LogP contribution < -0.4 is 0 Å². The van der Waals surface area contributed by atoms with Crippen molar-refractivity contribution in [2.75, 3.05) is 0 Å². The minimum atomic E-state index is 0.342. The van der Waals surface area contributed by atoms with Gasteiger partial charge in [0.25, 0.3) is 0 Å². The number of para-hydroxylation sites is 1. The van der Waals surface area contributed by atoms with Crippen molar-refractivity contribution < 1.29 is 0 Å². The highest BCUT2D eigenvalue weighted by Crippen LogP contribution is 2.28. The van der Waals surface area contributed by atoms with Crippen LogP contribution in [0.15, 0.2) is 46.8 Å². The van der Waals surface area contributed by atoms with Crippen molar-refractivity contribution in [3.8, 4) is 11.8 Å². The Balaban J connectivity index is 1.83. The van der Waals surface area contributed by atoms with Crippen molar-refractivity contribution in [3.05, 3.63) is 53.6 Å². The van der Waals surface area contributed by atoms with E-state index in [9.17, 15) is 5.26 Å². The largest absolute Gasteiger partial charge is 0.258 e. The molecule has 0 unspecified atom stereocenters. The summed E-state index contributed by atoms with van der Waals surface area (Å²) in [5.74, 6) is 1.09. The molecule has 0 bridgehead atoms. The maximum absolute atomic E-state index is 9.33. The standard InChI is InChI=1S/C16H13N9/c1-10-14(16-22-19-11(2)24(16)23-10)20-21-15-12(8-17)9-18-25(15)13-6-4-3-5-7-13/h3-7,9,22H,1-2H3/b21-20+. The number of rotatable bonds is 3. The second-order valence-electron chi connectivity index (χ2n) is 5.41. The van der Waals surface area contributed by atoms with Crippen LogP contribution in [0.1, 0.15) is 17.1 Å². The van der Waals surface area contributed by atoms with Gasteiger partial charge in [-0.1, -0.05) is 18.2 Å². The van der Waals surface area contributed by atoms with Crippen molar-refractivity contribution in [2.24, 2.45) is 10.2 Å². The van der Waals surface area contributed by atoms with Crippen molar-refractivity contribution >= 4 is 17.2 Å². The molecular weight excluding hydrogens is 318 g/mol. The highest BCUT2D eigenvalue weighted by molar-refractivity contribution is 5.66. The van der Waals surface area contributed by atoms with Crippen LogP contribution in [-0.4, -0.2) is 29.6 Å². The minimum Gasteiger partial charge on any atom is -0.258 e. The van der Waals surface area contributed by atoms with Crippen molar-refractivity contribution in [2.45, 2.75) is 13.8 Å². The van der Waals surface area contributed by atoms with Gasteiger partial charge in [0, 0.05) is 0 Å². The molecule has 4 rings (SSSR count). The Morgan fingerprint density at radius 3 is 2.72 bits per heavy atom. The molecule has 9 nitrogen and oxygen atoms in total. The number of azo groups is 1. The number of benzene rings is 1. The van der Waals surface area contributed by atoms with Crippen LogP contribution in [0.5, 0.6) is 0 Å². The molecule has 3 heterocycles. The summed E-state index contributed by atoms with van der Waals surface area (Å²) in [6.45, 7) is 3.68. The Labute approximate surface area is 142 Å². The lowest BCUT2D eigenvalue weighted by Crippen LogP contribution is -1.94. The minimum absolute atomic E-state index is 0.342. The van der Waals surface area contributed by atoms with Crippen LogP contribution in [0.25, 0.3) is 11.3 Å². The number of H-pyrrole nitrogens is 1. The van der Waals surface area contributed by atoms with Gasteiger partial charge in [-0.25, -0.2) is 4.68 Å². The first-order valence-electron chi connectivity index (χ1n) is 7.54. The quantitative estimate of drug-likeness (QED) is 0.581. The summed E-state index contributed by atoms with van der Waals surface area (Å²) in [5.41, 5.74) is 3.08. The van der Waals surface area contributed by atoms with Gasteiger partial charge in [0.15, 0.2) is 17.2 Å². The number of aromatic amines is 1. The Hall–Kier alpha value is -3.80. The van der Waals surface area contributed by atoms with Gasteiger partial charge < -0.3 is 0 Å². The summed E-state index contributed by atoms with van der Waals surface area (Å²) in [6, 6.07) is 11.6. The van der Waals surface area contributed by atoms with E-state index in [0.29, 0.717) is 28.4 Å². The van der Waals surface area contributed by atoms with Gasteiger partial charge in [-0.2, -0.15) is 25.1 Å². The third kappa shape index (κ3) is 2.36.